The molecule has 0 bridgehead atoms. The minimum absolute atomic E-state index is 0.880. The quantitative estimate of drug-likeness (QED) is 0.613. The van der Waals surface area contributed by atoms with Gasteiger partial charge in [-0.15, -0.1) is 0 Å². The topological polar surface area (TPSA) is 0 Å². The van der Waals surface area contributed by atoms with Crippen molar-refractivity contribution in [1.82, 2.24) is 0 Å². The number of thioether (sulfide) groups is 2. The average molecular weight is 271 g/mol. The van der Waals surface area contributed by atoms with Gasteiger partial charge < -0.3 is 0 Å². The smallest absolute Gasteiger partial charge is 0.0127 e. The number of halogens is 2. The maximum atomic E-state index is 5.70. The van der Waals surface area contributed by atoms with E-state index >= 15 is 0 Å². The second-order valence-electron chi connectivity index (χ2n) is 2.73. The number of rotatable bonds is 7. The van der Waals surface area contributed by atoms with Gasteiger partial charge in [0.15, 0.2) is 0 Å². The highest BCUT2D eigenvalue weighted by Gasteiger charge is 1.89. The lowest BCUT2D eigenvalue weighted by molar-refractivity contribution is 1.51. The summed E-state index contributed by atoms with van der Waals surface area (Å²) in [6.07, 6.45) is 4.08. The minimum Gasteiger partial charge on any atom is -0.157 e. The van der Waals surface area contributed by atoms with Crippen molar-refractivity contribution in [3.05, 3.63) is 22.2 Å². The van der Waals surface area contributed by atoms with E-state index in [9.17, 15) is 0 Å². The standard InChI is InChI=1S/C10H16Cl2S2/c1-9(11)3-5-13-7-8-14-6-4-10(2)12/h3-4H,5-8H2,1-2H3. The summed E-state index contributed by atoms with van der Waals surface area (Å²) in [5, 5.41) is 1.76. The van der Waals surface area contributed by atoms with Gasteiger partial charge in [0.05, 0.1) is 0 Å². The average Bonchev–Trinajstić information content (AvgIpc) is 2.08. The lowest BCUT2D eigenvalue weighted by Gasteiger charge is -1.97. The Morgan fingerprint density at radius 1 is 0.929 bits per heavy atom. The fraction of sp³-hybridized carbons (Fsp3) is 0.600. The molecular weight excluding hydrogens is 255 g/mol. The lowest BCUT2D eigenvalue weighted by Crippen LogP contribution is -1.86. The van der Waals surface area contributed by atoms with Crippen LogP contribution < -0.4 is 0 Å². The Balaban J connectivity index is 3.15. The molecule has 0 aromatic heterocycles. The molecule has 0 N–H and O–H groups in total. The minimum atomic E-state index is 0.880. The summed E-state index contributed by atoms with van der Waals surface area (Å²) in [5.74, 6) is 4.36. The van der Waals surface area contributed by atoms with E-state index in [1.807, 2.05) is 49.5 Å². The molecule has 14 heavy (non-hydrogen) atoms. The fourth-order valence-electron chi connectivity index (χ4n) is 0.632. The van der Waals surface area contributed by atoms with Gasteiger partial charge in [0.25, 0.3) is 0 Å². The SMILES string of the molecule is CC(Cl)=CCSCCSCC=C(C)Cl. The van der Waals surface area contributed by atoms with E-state index in [1.165, 1.54) is 11.5 Å². The Morgan fingerprint density at radius 3 is 1.57 bits per heavy atom. The highest BCUT2D eigenvalue weighted by Crippen LogP contribution is 2.10. The van der Waals surface area contributed by atoms with E-state index in [2.05, 4.69) is 0 Å². The van der Waals surface area contributed by atoms with Crippen LogP contribution in [0.25, 0.3) is 0 Å². The Hall–Kier alpha value is 0.760. The molecule has 0 rings (SSSR count). The largest absolute Gasteiger partial charge is 0.157 e. The van der Waals surface area contributed by atoms with Crippen LogP contribution in [0.3, 0.4) is 0 Å². The van der Waals surface area contributed by atoms with Crippen LogP contribution >= 0.6 is 46.7 Å². The van der Waals surface area contributed by atoms with Gasteiger partial charge in [0, 0.05) is 33.1 Å². The van der Waals surface area contributed by atoms with E-state index in [0.29, 0.717) is 0 Å². The molecule has 0 atom stereocenters. The predicted octanol–water partition coefficient (Wildman–Crippen LogP) is 4.74. The maximum Gasteiger partial charge on any atom is 0.0127 e. The molecule has 0 amide bonds. The first-order valence-electron chi connectivity index (χ1n) is 4.43. The Labute approximate surface area is 105 Å². The maximum absolute atomic E-state index is 5.70. The van der Waals surface area contributed by atoms with E-state index in [4.69, 9.17) is 23.2 Å². The Kier molecular flexibility index (Phi) is 10.8. The summed E-state index contributed by atoms with van der Waals surface area (Å²) in [5.41, 5.74) is 0. The zero-order valence-corrected chi connectivity index (χ0v) is 11.7. The van der Waals surface area contributed by atoms with Gasteiger partial charge in [-0.25, -0.2) is 0 Å². The Morgan fingerprint density at radius 2 is 1.29 bits per heavy atom. The molecule has 82 valence electrons. The summed E-state index contributed by atoms with van der Waals surface area (Å²) >= 11 is 15.2. The van der Waals surface area contributed by atoms with E-state index < -0.39 is 0 Å². The van der Waals surface area contributed by atoms with Crippen molar-refractivity contribution in [1.29, 1.82) is 0 Å². The molecule has 0 nitrogen and oxygen atoms in total. The lowest BCUT2D eigenvalue weighted by atomic mass is 10.6. The summed E-state index contributed by atoms with van der Waals surface area (Å²) in [6, 6.07) is 0. The van der Waals surface area contributed by atoms with Crippen molar-refractivity contribution in [3.63, 3.8) is 0 Å². The first-order chi connectivity index (χ1) is 6.63. The fourth-order valence-corrected chi connectivity index (χ4v) is 2.98. The molecule has 0 heterocycles. The van der Waals surface area contributed by atoms with Crippen LogP contribution in [0.5, 0.6) is 0 Å². The molecule has 0 aromatic rings. The molecule has 0 aliphatic rings. The summed E-state index contributed by atoms with van der Waals surface area (Å²) in [4.78, 5) is 0. The van der Waals surface area contributed by atoms with Gasteiger partial charge >= 0.3 is 0 Å². The van der Waals surface area contributed by atoms with Gasteiger partial charge in [0.2, 0.25) is 0 Å². The normalized spacial score (nSPS) is 13.4. The van der Waals surface area contributed by atoms with Crippen molar-refractivity contribution >= 4 is 46.7 Å². The molecule has 0 unspecified atom stereocenters. The van der Waals surface area contributed by atoms with Crippen LogP contribution in [0, 0.1) is 0 Å². The second-order valence-corrected chi connectivity index (χ2v) is 6.22. The predicted molar refractivity (Wildman–Crippen MR) is 73.9 cm³/mol. The van der Waals surface area contributed by atoms with Crippen LogP contribution in [0.4, 0.5) is 0 Å². The van der Waals surface area contributed by atoms with Crippen LogP contribution in [-0.4, -0.2) is 23.0 Å². The van der Waals surface area contributed by atoms with Crippen molar-refractivity contribution in [2.75, 3.05) is 23.0 Å². The van der Waals surface area contributed by atoms with Crippen LogP contribution in [0.1, 0.15) is 13.8 Å². The highest BCUT2D eigenvalue weighted by molar-refractivity contribution is 8.03. The van der Waals surface area contributed by atoms with Gasteiger partial charge in [-0.2, -0.15) is 23.5 Å². The first kappa shape index (κ1) is 14.8. The Bertz CT molecular complexity index is 170. The van der Waals surface area contributed by atoms with Crippen LogP contribution in [0.2, 0.25) is 0 Å². The molecule has 0 saturated heterocycles. The van der Waals surface area contributed by atoms with Crippen molar-refractivity contribution in [3.8, 4) is 0 Å². The summed E-state index contributed by atoms with van der Waals surface area (Å²) in [7, 11) is 0. The van der Waals surface area contributed by atoms with E-state index in [-0.39, 0.29) is 0 Å². The number of allylic oxidation sites excluding steroid dienone is 2. The molecule has 0 spiro atoms. The summed E-state index contributed by atoms with van der Waals surface area (Å²) < 4.78 is 0. The third kappa shape index (κ3) is 12.8. The molecule has 0 aliphatic heterocycles. The number of hydrogen-bond acceptors (Lipinski definition) is 2. The third-order valence-electron chi connectivity index (χ3n) is 1.34. The van der Waals surface area contributed by atoms with Gasteiger partial charge in [-0.05, 0) is 13.8 Å². The van der Waals surface area contributed by atoms with E-state index in [1.54, 1.807) is 0 Å². The van der Waals surface area contributed by atoms with Crippen LogP contribution in [0.15, 0.2) is 22.2 Å². The molecule has 0 aliphatic carbocycles. The highest BCUT2D eigenvalue weighted by atomic mass is 35.5. The third-order valence-corrected chi connectivity index (χ3v) is 3.69. The monoisotopic (exact) mass is 270 g/mol. The van der Waals surface area contributed by atoms with Gasteiger partial charge in [0.1, 0.15) is 0 Å². The van der Waals surface area contributed by atoms with Gasteiger partial charge in [-0.1, -0.05) is 35.4 Å². The van der Waals surface area contributed by atoms with Gasteiger partial charge in [-0.3, -0.25) is 0 Å². The van der Waals surface area contributed by atoms with E-state index in [0.717, 1.165) is 21.6 Å². The van der Waals surface area contributed by atoms with Crippen molar-refractivity contribution < 1.29 is 0 Å². The molecule has 0 fully saturated rings. The first-order valence-corrected chi connectivity index (χ1v) is 7.49. The molecule has 4 heteroatoms. The zero-order chi connectivity index (χ0) is 10.8. The number of hydrogen-bond donors (Lipinski definition) is 0. The zero-order valence-electron chi connectivity index (χ0n) is 8.56. The molecule has 0 saturated carbocycles. The molecule has 0 aromatic carbocycles. The summed E-state index contributed by atoms with van der Waals surface area (Å²) in [6.45, 7) is 3.82. The molecular formula is C10H16Cl2S2. The van der Waals surface area contributed by atoms with Crippen molar-refractivity contribution in [2.24, 2.45) is 0 Å². The molecule has 0 radical (unpaired) electrons. The van der Waals surface area contributed by atoms with Crippen LogP contribution in [-0.2, 0) is 0 Å². The second kappa shape index (κ2) is 10.3. The van der Waals surface area contributed by atoms with Crippen molar-refractivity contribution in [2.45, 2.75) is 13.8 Å².